The summed E-state index contributed by atoms with van der Waals surface area (Å²) < 4.78 is 10.9. The van der Waals surface area contributed by atoms with E-state index in [0.29, 0.717) is 18.6 Å². The minimum Gasteiger partial charge on any atom is -0.396 e. The first-order chi connectivity index (χ1) is 12.3. The lowest BCUT2D eigenvalue weighted by Gasteiger charge is -2.28. The molecule has 0 bridgehead atoms. The van der Waals surface area contributed by atoms with Gasteiger partial charge in [0.2, 0.25) is 0 Å². The molecule has 0 radical (unpaired) electrons. The third kappa shape index (κ3) is 5.27. The van der Waals surface area contributed by atoms with E-state index in [-0.39, 0.29) is 6.61 Å². The molecule has 1 aliphatic heterocycles. The number of aryl methyl sites for hydroxylation is 1. The molecule has 1 heterocycles. The molecule has 25 heavy (non-hydrogen) atoms. The van der Waals surface area contributed by atoms with Crippen molar-refractivity contribution in [1.82, 2.24) is 0 Å². The maximum Gasteiger partial charge on any atom is 0.104 e. The number of benzene rings is 1. The molecule has 2 atom stereocenters. The van der Waals surface area contributed by atoms with Crippen molar-refractivity contribution in [2.24, 2.45) is 11.7 Å². The molecule has 4 nitrogen and oxygen atoms in total. The summed E-state index contributed by atoms with van der Waals surface area (Å²) in [6.45, 7) is 3.34. The fourth-order valence-electron chi connectivity index (χ4n) is 4.04. The summed E-state index contributed by atoms with van der Waals surface area (Å²) in [4.78, 5) is 0. The molecule has 1 aromatic carbocycles. The van der Waals surface area contributed by atoms with E-state index in [0.717, 1.165) is 45.0 Å². The van der Waals surface area contributed by atoms with E-state index in [9.17, 15) is 0 Å². The van der Waals surface area contributed by atoms with Gasteiger partial charge < -0.3 is 20.3 Å². The maximum absolute atomic E-state index is 9.06. The van der Waals surface area contributed by atoms with Crippen LogP contribution >= 0.6 is 0 Å². The van der Waals surface area contributed by atoms with E-state index >= 15 is 0 Å². The highest BCUT2D eigenvalue weighted by Crippen LogP contribution is 2.31. The minimum atomic E-state index is 0.251. The van der Waals surface area contributed by atoms with Crippen LogP contribution in [0.25, 0.3) is 0 Å². The second-order valence-corrected chi connectivity index (χ2v) is 7.61. The normalized spacial score (nSPS) is 21.6. The molecule has 3 rings (SSSR count). The zero-order valence-electron chi connectivity index (χ0n) is 15.3. The summed E-state index contributed by atoms with van der Waals surface area (Å²) in [6, 6.07) is 6.95. The monoisotopic (exact) mass is 347 g/mol. The lowest BCUT2D eigenvalue weighted by Crippen LogP contribution is -2.36. The number of aliphatic hydroxyl groups excluding tert-OH is 1. The van der Waals surface area contributed by atoms with E-state index in [1.165, 1.54) is 42.4 Å². The van der Waals surface area contributed by atoms with Crippen molar-refractivity contribution in [3.05, 3.63) is 34.9 Å². The Kier molecular flexibility index (Phi) is 7.29. The third-order valence-electron chi connectivity index (χ3n) is 5.75. The quantitative estimate of drug-likeness (QED) is 0.639. The zero-order chi connectivity index (χ0) is 17.5. The molecule has 0 unspecified atom stereocenters. The fourth-order valence-corrected chi connectivity index (χ4v) is 4.04. The molecule has 0 aromatic heterocycles. The second-order valence-electron chi connectivity index (χ2n) is 7.61. The van der Waals surface area contributed by atoms with Gasteiger partial charge in [-0.3, -0.25) is 0 Å². The van der Waals surface area contributed by atoms with Gasteiger partial charge in [0.1, 0.15) is 6.10 Å². The SMILES string of the molecule is NC[C@H](CCCO)c1ccc2c(c1)CC[C@H](CCCOC1COC1)C2. The van der Waals surface area contributed by atoms with Crippen LogP contribution < -0.4 is 5.73 Å². The van der Waals surface area contributed by atoms with Crippen LogP contribution in [0.4, 0.5) is 0 Å². The fraction of sp³-hybridized carbons (Fsp3) is 0.714. The van der Waals surface area contributed by atoms with Gasteiger partial charge in [-0.1, -0.05) is 18.2 Å². The van der Waals surface area contributed by atoms with Gasteiger partial charge in [-0.15, -0.1) is 0 Å². The number of ether oxygens (including phenoxy) is 2. The van der Waals surface area contributed by atoms with E-state index in [2.05, 4.69) is 18.2 Å². The summed E-state index contributed by atoms with van der Waals surface area (Å²) in [7, 11) is 0. The second kappa shape index (κ2) is 9.67. The highest BCUT2D eigenvalue weighted by atomic mass is 16.6. The first kappa shape index (κ1) is 18.8. The highest BCUT2D eigenvalue weighted by Gasteiger charge is 2.21. The Morgan fingerprint density at radius 3 is 2.84 bits per heavy atom. The molecular weight excluding hydrogens is 314 g/mol. The van der Waals surface area contributed by atoms with Crippen LogP contribution in [0.5, 0.6) is 0 Å². The van der Waals surface area contributed by atoms with E-state index in [4.69, 9.17) is 20.3 Å². The molecule has 0 spiro atoms. The number of hydrogen-bond acceptors (Lipinski definition) is 4. The summed E-state index contributed by atoms with van der Waals surface area (Å²) >= 11 is 0. The van der Waals surface area contributed by atoms with Crippen LogP contribution in [0.15, 0.2) is 18.2 Å². The predicted octanol–water partition coefficient (Wildman–Crippen LogP) is 2.80. The molecule has 1 aliphatic carbocycles. The van der Waals surface area contributed by atoms with Gasteiger partial charge in [-0.2, -0.15) is 0 Å². The van der Waals surface area contributed by atoms with Crippen molar-refractivity contribution >= 4 is 0 Å². The van der Waals surface area contributed by atoms with Crippen LogP contribution in [0.3, 0.4) is 0 Å². The van der Waals surface area contributed by atoms with Crippen molar-refractivity contribution in [3.63, 3.8) is 0 Å². The predicted molar refractivity (Wildman–Crippen MR) is 99.9 cm³/mol. The molecule has 1 fully saturated rings. The summed E-state index contributed by atoms with van der Waals surface area (Å²) in [6.07, 6.45) is 8.24. The maximum atomic E-state index is 9.06. The summed E-state index contributed by atoms with van der Waals surface area (Å²) in [5.41, 5.74) is 10.3. The molecular formula is C21H33NO3. The molecule has 2 aliphatic rings. The molecule has 3 N–H and O–H groups in total. The lowest BCUT2D eigenvalue weighted by atomic mass is 9.80. The third-order valence-corrected chi connectivity index (χ3v) is 5.75. The van der Waals surface area contributed by atoms with Gasteiger partial charge in [-0.05, 0) is 80.0 Å². The molecule has 0 amide bonds. The largest absolute Gasteiger partial charge is 0.396 e. The van der Waals surface area contributed by atoms with Crippen LogP contribution in [0.1, 0.15) is 54.7 Å². The Hall–Kier alpha value is -0.940. The van der Waals surface area contributed by atoms with Crippen LogP contribution in [0.2, 0.25) is 0 Å². The molecule has 140 valence electrons. The number of hydrogen-bond donors (Lipinski definition) is 2. The van der Waals surface area contributed by atoms with Gasteiger partial charge >= 0.3 is 0 Å². The van der Waals surface area contributed by atoms with Gasteiger partial charge in [0, 0.05) is 13.2 Å². The van der Waals surface area contributed by atoms with Gasteiger partial charge in [0.15, 0.2) is 0 Å². The summed E-state index contributed by atoms with van der Waals surface area (Å²) in [5, 5.41) is 9.06. The Labute approximate surface area is 151 Å². The Bertz CT molecular complexity index is 530. The van der Waals surface area contributed by atoms with Gasteiger partial charge in [-0.25, -0.2) is 0 Å². The topological polar surface area (TPSA) is 64.7 Å². The molecule has 4 heteroatoms. The van der Waals surface area contributed by atoms with Crippen LogP contribution in [-0.4, -0.2) is 44.2 Å². The van der Waals surface area contributed by atoms with E-state index in [1.807, 2.05) is 0 Å². The van der Waals surface area contributed by atoms with Crippen molar-refractivity contribution < 1.29 is 14.6 Å². The average molecular weight is 347 g/mol. The first-order valence-electron chi connectivity index (χ1n) is 9.92. The van der Waals surface area contributed by atoms with Crippen molar-refractivity contribution in [3.8, 4) is 0 Å². The number of aliphatic hydroxyl groups is 1. The Balaban J connectivity index is 1.47. The lowest BCUT2D eigenvalue weighted by molar-refractivity contribution is -0.130. The molecule has 0 saturated carbocycles. The average Bonchev–Trinajstić information content (AvgIpc) is 2.60. The molecule has 1 aromatic rings. The van der Waals surface area contributed by atoms with Crippen molar-refractivity contribution in [1.29, 1.82) is 0 Å². The first-order valence-corrected chi connectivity index (χ1v) is 9.92. The van der Waals surface area contributed by atoms with Crippen molar-refractivity contribution in [2.75, 3.05) is 33.0 Å². The number of fused-ring (bicyclic) bond motifs is 1. The minimum absolute atomic E-state index is 0.251. The van der Waals surface area contributed by atoms with Gasteiger partial charge in [0.25, 0.3) is 0 Å². The highest BCUT2D eigenvalue weighted by molar-refractivity contribution is 5.36. The zero-order valence-corrected chi connectivity index (χ0v) is 15.3. The molecule has 1 saturated heterocycles. The standard InChI is InChI=1S/C21H33NO3/c22-13-20(4-1-9-23)19-8-7-17-11-16(5-6-18(17)12-19)3-2-10-25-21-14-24-15-21/h7-8,12,16,20-21,23H,1-6,9-11,13-15,22H2/t16-,20-/m0/s1. The number of nitrogens with two attached hydrogens (primary N) is 1. The van der Waals surface area contributed by atoms with Crippen LogP contribution in [0, 0.1) is 5.92 Å². The van der Waals surface area contributed by atoms with Gasteiger partial charge in [0.05, 0.1) is 13.2 Å². The van der Waals surface area contributed by atoms with E-state index in [1.54, 1.807) is 0 Å². The Morgan fingerprint density at radius 2 is 2.12 bits per heavy atom. The number of rotatable bonds is 10. The van der Waals surface area contributed by atoms with Crippen molar-refractivity contribution in [2.45, 2.75) is 57.0 Å². The summed E-state index contributed by atoms with van der Waals surface area (Å²) in [5.74, 6) is 1.17. The van der Waals surface area contributed by atoms with E-state index < -0.39 is 0 Å². The van der Waals surface area contributed by atoms with Crippen LogP contribution in [-0.2, 0) is 22.3 Å². The smallest absolute Gasteiger partial charge is 0.104 e. The Morgan fingerprint density at radius 1 is 1.24 bits per heavy atom.